The summed E-state index contributed by atoms with van der Waals surface area (Å²) in [6.07, 6.45) is 4.70. The van der Waals surface area contributed by atoms with Gasteiger partial charge in [-0.25, -0.2) is 0 Å². The van der Waals surface area contributed by atoms with Crippen LogP contribution in [0, 0.1) is 11.3 Å². The van der Waals surface area contributed by atoms with Crippen molar-refractivity contribution in [3.8, 4) is 0 Å². The molecule has 4 heteroatoms. The van der Waals surface area contributed by atoms with Gasteiger partial charge >= 0.3 is 5.97 Å². The summed E-state index contributed by atoms with van der Waals surface area (Å²) in [5.74, 6) is -0.362. The number of carbonyl (C=O) groups is 1. The van der Waals surface area contributed by atoms with Crippen molar-refractivity contribution < 1.29 is 19.0 Å². The zero-order chi connectivity index (χ0) is 12.5. The van der Waals surface area contributed by atoms with Crippen LogP contribution < -0.4 is 0 Å². The first-order valence-corrected chi connectivity index (χ1v) is 6.04. The molecule has 2 rings (SSSR count). The molecule has 4 nitrogen and oxygen atoms in total. The van der Waals surface area contributed by atoms with Gasteiger partial charge in [0.05, 0.1) is 24.7 Å². The Morgan fingerprint density at radius 3 is 2.71 bits per heavy atom. The highest BCUT2D eigenvalue weighted by Crippen LogP contribution is 2.34. The monoisotopic (exact) mass is 240 g/mol. The van der Waals surface area contributed by atoms with Gasteiger partial charge in [0.1, 0.15) is 0 Å². The smallest absolute Gasteiger partial charge is 0.314 e. The molecule has 0 radical (unpaired) electrons. The van der Waals surface area contributed by atoms with Gasteiger partial charge in [-0.2, -0.15) is 0 Å². The molecule has 17 heavy (non-hydrogen) atoms. The number of hydrogen-bond donors (Lipinski definition) is 0. The minimum atomic E-state index is -0.212. The van der Waals surface area contributed by atoms with Crippen LogP contribution in [0.1, 0.15) is 27.2 Å². The number of esters is 1. The standard InChI is InChI=1S/C13H20O4/c1-13(2,3)7-15-8-16-12(14)10-6-9-4-5-11(10)17-9/h4-5,9-11H,6-8H2,1-3H3. The molecule has 2 aliphatic rings. The van der Waals surface area contributed by atoms with E-state index in [9.17, 15) is 4.79 Å². The second-order valence-corrected chi connectivity index (χ2v) is 5.86. The number of rotatable bonds is 4. The largest absolute Gasteiger partial charge is 0.438 e. The Kier molecular flexibility index (Phi) is 3.54. The third kappa shape index (κ3) is 3.30. The summed E-state index contributed by atoms with van der Waals surface area (Å²) in [4.78, 5) is 11.7. The molecule has 96 valence electrons. The van der Waals surface area contributed by atoms with E-state index in [0.717, 1.165) is 6.42 Å². The van der Waals surface area contributed by atoms with Gasteiger partial charge in [0, 0.05) is 0 Å². The van der Waals surface area contributed by atoms with Crippen molar-refractivity contribution in [3.05, 3.63) is 12.2 Å². The maximum Gasteiger partial charge on any atom is 0.314 e. The molecular weight excluding hydrogens is 220 g/mol. The summed E-state index contributed by atoms with van der Waals surface area (Å²) in [5, 5.41) is 0. The zero-order valence-electron chi connectivity index (χ0n) is 10.6. The van der Waals surface area contributed by atoms with Crippen LogP contribution in [-0.4, -0.2) is 31.6 Å². The van der Waals surface area contributed by atoms with Crippen molar-refractivity contribution in [2.45, 2.75) is 39.4 Å². The van der Waals surface area contributed by atoms with Crippen molar-refractivity contribution in [1.29, 1.82) is 0 Å². The number of fused-ring (bicyclic) bond motifs is 2. The van der Waals surface area contributed by atoms with E-state index in [-0.39, 0.29) is 36.3 Å². The van der Waals surface area contributed by atoms with Gasteiger partial charge in [-0.3, -0.25) is 4.79 Å². The van der Waals surface area contributed by atoms with Crippen molar-refractivity contribution >= 4 is 5.97 Å². The Morgan fingerprint density at radius 2 is 2.18 bits per heavy atom. The maximum absolute atomic E-state index is 11.7. The highest BCUT2D eigenvalue weighted by atomic mass is 16.7. The number of ether oxygens (including phenoxy) is 3. The summed E-state index contributed by atoms with van der Waals surface area (Å²) in [7, 11) is 0. The quantitative estimate of drug-likeness (QED) is 0.326. The van der Waals surface area contributed by atoms with Crippen molar-refractivity contribution in [1.82, 2.24) is 0 Å². The molecule has 0 amide bonds. The van der Waals surface area contributed by atoms with E-state index in [2.05, 4.69) is 20.8 Å². The molecule has 3 unspecified atom stereocenters. The van der Waals surface area contributed by atoms with E-state index in [4.69, 9.17) is 14.2 Å². The van der Waals surface area contributed by atoms with Gasteiger partial charge in [0.2, 0.25) is 0 Å². The normalized spacial score (nSPS) is 30.9. The minimum absolute atomic E-state index is 0.0354. The van der Waals surface area contributed by atoms with Crippen LogP contribution in [0.3, 0.4) is 0 Å². The van der Waals surface area contributed by atoms with Gasteiger partial charge < -0.3 is 14.2 Å². The SMILES string of the molecule is CC(C)(C)COCOC(=O)C1CC2C=CC1O2. The summed E-state index contributed by atoms with van der Waals surface area (Å²) >= 11 is 0. The molecule has 3 atom stereocenters. The van der Waals surface area contributed by atoms with E-state index in [1.165, 1.54) is 0 Å². The Hall–Kier alpha value is -0.870. The van der Waals surface area contributed by atoms with Gasteiger partial charge in [-0.05, 0) is 11.8 Å². The highest BCUT2D eigenvalue weighted by molar-refractivity contribution is 5.74. The number of hydrogen-bond acceptors (Lipinski definition) is 4. The van der Waals surface area contributed by atoms with E-state index in [0.29, 0.717) is 6.61 Å². The predicted molar refractivity (Wildman–Crippen MR) is 62.3 cm³/mol. The van der Waals surface area contributed by atoms with Crippen LogP contribution in [0.2, 0.25) is 0 Å². The molecule has 2 aliphatic heterocycles. The maximum atomic E-state index is 11.7. The molecule has 0 aromatic heterocycles. The van der Waals surface area contributed by atoms with Crippen LogP contribution in [0.5, 0.6) is 0 Å². The first-order chi connectivity index (χ1) is 7.96. The van der Waals surface area contributed by atoms with Gasteiger partial charge in [0.15, 0.2) is 6.79 Å². The van der Waals surface area contributed by atoms with E-state index in [1.54, 1.807) is 0 Å². The lowest BCUT2D eigenvalue weighted by Crippen LogP contribution is -2.26. The lowest BCUT2D eigenvalue weighted by Gasteiger charge is -2.19. The summed E-state index contributed by atoms with van der Waals surface area (Å²) in [6, 6.07) is 0. The van der Waals surface area contributed by atoms with E-state index < -0.39 is 0 Å². The zero-order valence-corrected chi connectivity index (χ0v) is 10.6. The molecule has 1 fully saturated rings. The predicted octanol–water partition coefficient (Wildman–Crippen LogP) is 1.89. The van der Waals surface area contributed by atoms with Crippen LogP contribution in [0.15, 0.2) is 12.2 Å². The molecule has 0 aromatic carbocycles. The Morgan fingerprint density at radius 1 is 1.41 bits per heavy atom. The minimum Gasteiger partial charge on any atom is -0.438 e. The van der Waals surface area contributed by atoms with Crippen LogP contribution >= 0.6 is 0 Å². The van der Waals surface area contributed by atoms with Crippen LogP contribution in [0.25, 0.3) is 0 Å². The first kappa shape index (κ1) is 12.6. The second kappa shape index (κ2) is 4.78. The third-order valence-corrected chi connectivity index (χ3v) is 2.85. The lowest BCUT2D eigenvalue weighted by molar-refractivity contribution is -0.164. The fourth-order valence-electron chi connectivity index (χ4n) is 2.06. The van der Waals surface area contributed by atoms with Crippen LogP contribution in [0.4, 0.5) is 0 Å². The average molecular weight is 240 g/mol. The molecule has 0 spiro atoms. The third-order valence-electron chi connectivity index (χ3n) is 2.85. The van der Waals surface area contributed by atoms with Gasteiger partial charge in [0.25, 0.3) is 0 Å². The molecule has 2 heterocycles. The van der Waals surface area contributed by atoms with Crippen molar-refractivity contribution in [2.75, 3.05) is 13.4 Å². The average Bonchev–Trinajstić information content (AvgIpc) is 2.84. The summed E-state index contributed by atoms with van der Waals surface area (Å²) < 4.78 is 15.9. The Balaban J connectivity index is 1.67. The first-order valence-electron chi connectivity index (χ1n) is 6.04. The second-order valence-electron chi connectivity index (χ2n) is 5.86. The molecule has 1 saturated heterocycles. The fraction of sp³-hybridized carbons (Fsp3) is 0.769. The van der Waals surface area contributed by atoms with Gasteiger partial charge in [-0.15, -0.1) is 0 Å². The molecule has 0 aromatic rings. The van der Waals surface area contributed by atoms with Crippen molar-refractivity contribution in [2.24, 2.45) is 11.3 Å². The van der Waals surface area contributed by atoms with Crippen LogP contribution in [-0.2, 0) is 19.0 Å². The topological polar surface area (TPSA) is 44.8 Å². The summed E-state index contributed by atoms with van der Waals surface area (Å²) in [6.45, 7) is 6.83. The molecule has 0 aliphatic carbocycles. The molecule has 0 saturated carbocycles. The van der Waals surface area contributed by atoms with Gasteiger partial charge in [-0.1, -0.05) is 32.9 Å². The van der Waals surface area contributed by atoms with E-state index >= 15 is 0 Å². The lowest BCUT2D eigenvalue weighted by atomic mass is 9.95. The van der Waals surface area contributed by atoms with E-state index in [1.807, 2.05) is 12.2 Å². The number of carbonyl (C=O) groups excluding carboxylic acids is 1. The molecular formula is C13H20O4. The fourth-order valence-corrected chi connectivity index (χ4v) is 2.06. The highest BCUT2D eigenvalue weighted by Gasteiger charge is 2.42. The summed E-state index contributed by atoms with van der Waals surface area (Å²) in [5.41, 5.74) is 0.0880. The molecule has 2 bridgehead atoms. The molecule has 0 N–H and O–H groups in total. The Bertz CT molecular complexity index is 316. The van der Waals surface area contributed by atoms with Crippen molar-refractivity contribution in [3.63, 3.8) is 0 Å². The Labute approximate surface area is 102 Å².